The van der Waals surface area contributed by atoms with Crippen molar-refractivity contribution >= 4 is 23.5 Å². The smallest absolute Gasteiger partial charge is 0.357 e. The van der Waals surface area contributed by atoms with E-state index >= 15 is 0 Å². The fraction of sp³-hybridized carbons (Fsp3) is 0.167. The predicted molar refractivity (Wildman–Crippen MR) is 42.1 cm³/mol. The molecular weight excluding hydrogens is 200 g/mol. The minimum atomic E-state index is -1.42. The summed E-state index contributed by atoms with van der Waals surface area (Å²) >= 11 is 5.45. The van der Waals surface area contributed by atoms with E-state index in [4.69, 9.17) is 21.8 Å². The summed E-state index contributed by atoms with van der Waals surface area (Å²) < 4.78 is 0.993. The maximum absolute atomic E-state index is 10.6. The van der Waals surface area contributed by atoms with E-state index in [1.54, 1.807) is 0 Å². The summed E-state index contributed by atoms with van der Waals surface area (Å²) in [6, 6.07) is 0. The third-order valence-electron chi connectivity index (χ3n) is 1.45. The quantitative estimate of drug-likeness (QED) is 0.731. The largest absolute Gasteiger partial charge is 0.476 e. The number of halogens is 1. The standard InChI is InChI=1S/C6H5ClN2O4/c1-9-3(5(12)13)2(4(10)11)8-6(9)7/h1H3,(H,10,11)(H,12,13). The Labute approximate surface area is 77.4 Å². The van der Waals surface area contributed by atoms with E-state index in [0.717, 1.165) is 4.57 Å². The molecule has 1 aromatic rings. The van der Waals surface area contributed by atoms with Gasteiger partial charge in [0, 0.05) is 7.05 Å². The molecule has 0 spiro atoms. The van der Waals surface area contributed by atoms with Gasteiger partial charge in [0.05, 0.1) is 0 Å². The van der Waals surface area contributed by atoms with Crippen molar-refractivity contribution in [1.29, 1.82) is 0 Å². The van der Waals surface area contributed by atoms with Crippen LogP contribution in [-0.2, 0) is 7.05 Å². The Morgan fingerprint density at radius 3 is 2.23 bits per heavy atom. The van der Waals surface area contributed by atoms with Gasteiger partial charge in [0.1, 0.15) is 0 Å². The van der Waals surface area contributed by atoms with Crippen molar-refractivity contribution in [3.63, 3.8) is 0 Å². The lowest BCUT2D eigenvalue weighted by atomic mass is 10.3. The summed E-state index contributed by atoms with van der Waals surface area (Å²) in [7, 11) is 1.32. The van der Waals surface area contributed by atoms with Crippen molar-refractivity contribution in [3.05, 3.63) is 16.7 Å². The molecule has 0 aliphatic heterocycles. The van der Waals surface area contributed by atoms with Gasteiger partial charge in [0.15, 0.2) is 11.4 Å². The number of nitrogens with zero attached hydrogens (tertiary/aromatic N) is 2. The molecule has 1 heterocycles. The average Bonchev–Trinajstić information content (AvgIpc) is 2.28. The van der Waals surface area contributed by atoms with Crippen molar-refractivity contribution in [2.45, 2.75) is 0 Å². The molecule has 0 unspecified atom stereocenters. The van der Waals surface area contributed by atoms with Crippen LogP contribution in [0.1, 0.15) is 21.0 Å². The summed E-state index contributed by atoms with van der Waals surface area (Å²) in [5.74, 6) is -2.79. The predicted octanol–water partition coefficient (Wildman–Crippen LogP) is 0.470. The van der Waals surface area contributed by atoms with E-state index in [1.807, 2.05) is 0 Å². The van der Waals surface area contributed by atoms with Crippen LogP contribution in [0.5, 0.6) is 0 Å². The van der Waals surface area contributed by atoms with Gasteiger partial charge in [-0.3, -0.25) is 0 Å². The van der Waals surface area contributed by atoms with Crippen LogP contribution < -0.4 is 0 Å². The molecule has 0 saturated heterocycles. The van der Waals surface area contributed by atoms with Crippen LogP contribution >= 0.6 is 11.6 Å². The number of carboxylic acid groups (broad SMARTS) is 2. The number of aromatic carboxylic acids is 2. The Morgan fingerprint density at radius 1 is 1.38 bits per heavy atom. The molecule has 0 aromatic carbocycles. The van der Waals surface area contributed by atoms with Crippen molar-refractivity contribution in [1.82, 2.24) is 9.55 Å². The van der Waals surface area contributed by atoms with Gasteiger partial charge in [-0.2, -0.15) is 0 Å². The minimum Gasteiger partial charge on any atom is -0.476 e. The average molecular weight is 205 g/mol. The van der Waals surface area contributed by atoms with Crippen LogP contribution in [0.3, 0.4) is 0 Å². The van der Waals surface area contributed by atoms with E-state index < -0.39 is 23.3 Å². The molecule has 6 nitrogen and oxygen atoms in total. The van der Waals surface area contributed by atoms with Gasteiger partial charge in [-0.25, -0.2) is 14.6 Å². The lowest BCUT2D eigenvalue weighted by Crippen LogP contribution is -2.10. The molecule has 70 valence electrons. The van der Waals surface area contributed by atoms with E-state index in [1.165, 1.54) is 7.05 Å². The summed E-state index contributed by atoms with van der Waals surface area (Å²) in [5.41, 5.74) is -0.988. The van der Waals surface area contributed by atoms with Crippen molar-refractivity contribution in [3.8, 4) is 0 Å². The van der Waals surface area contributed by atoms with Gasteiger partial charge in [0.25, 0.3) is 0 Å². The van der Waals surface area contributed by atoms with Gasteiger partial charge in [0.2, 0.25) is 5.28 Å². The number of imidazole rings is 1. The van der Waals surface area contributed by atoms with Gasteiger partial charge >= 0.3 is 11.9 Å². The first-order chi connectivity index (χ1) is 5.95. The maximum Gasteiger partial charge on any atom is 0.357 e. The van der Waals surface area contributed by atoms with E-state index in [-0.39, 0.29) is 5.28 Å². The Hall–Kier alpha value is -1.56. The van der Waals surface area contributed by atoms with E-state index in [2.05, 4.69) is 4.98 Å². The summed E-state index contributed by atoms with van der Waals surface area (Å²) in [6.07, 6.45) is 0. The molecule has 7 heteroatoms. The fourth-order valence-corrected chi connectivity index (χ4v) is 1.03. The second-order valence-corrected chi connectivity index (χ2v) is 2.59. The highest BCUT2D eigenvalue weighted by atomic mass is 35.5. The lowest BCUT2D eigenvalue weighted by Gasteiger charge is -1.96. The van der Waals surface area contributed by atoms with Crippen LogP contribution in [0.15, 0.2) is 0 Å². The van der Waals surface area contributed by atoms with Crippen molar-refractivity contribution in [2.75, 3.05) is 0 Å². The molecule has 0 radical (unpaired) electrons. The minimum absolute atomic E-state index is 0.171. The third kappa shape index (κ3) is 1.48. The highest BCUT2D eigenvalue weighted by Crippen LogP contribution is 2.14. The Bertz CT molecular complexity index is 384. The van der Waals surface area contributed by atoms with Crippen LogP contribution in [0.25, 0.3) is 0 Å². The van der Waals surface area contributed by atoms with E-state index in [9.17, 15) is 9.59 Å². The Balaban J connectivity index is 3.44. The van der Waals surface area contributed by atoms with Gasteiger partial charge in [-0.15, -0.1) is 0 Å². The van der Waals surface area contributed by atoms with Gasteiger partial charge < -0.3 is 14.8 Å². The maximum atomic E-state index is 10.6. The summed E-state index contributed by atoms with van der Waals surface area (Å²) in [6.45, 7) is 0. The molecule has 0 fully saturated rings. The molecule has 0 atom stereocenters. The first-order valence-corrected chi connectivity index (χ1v) is 3.51. The third-order valence-corrected chi connectivity index (χ3v) is 1.78. The Kier molecular flexibility index (Phi) is 2.24. The number of carbonyl (C=O) groups is 2. The van der Waals surface area contributed by atoms with Crippen LogP contribution in [0.2, 0.25) is 5.28 Å². The zero-order valence-electron chi connectivity index (χ0n) is 6.48. The summed E-state index contributed by atoms with van der Waals surface area (Å²) in [4.78, 5) is 24.5. The number of hydrogen-bond donors (Lipinski definition) is 2. The fourth-order valence-electron chi connectivity index (χ4n) is 0.865. The molecule has 13 heavy (non-hydrogen) atoms. The zero-order chi connectivity index (χ0) is 10.2. The Morgan fingerprint density at radius 2 is 1.92 bits per heavy atom. The number of aromatic nitrogens is 2. The number of carboxylic acids is 2. The molecule has 0 amide bonds. The SMILES string of the molecule is Cn1c(Cl)nc(C(=O)O)c1C(=O)O. The molecule has 0 saturated carbocycles. The zero-order valence-corrected chi connectivity index (χ0v) is 7.24. The van der Waals surface area contributed by atoms with Gasteiger partial charge in [-0.1, -0.05) is 0 Å². The molecular formula is C6H5ClN2O4. The monoisotopic (exact) mass is 204 g/mol. The topological polar surface area (TPSA) is 92.4 Å². The van der Waals surface area contributed by atoms with Crippen molar-refractivity contribution in [2.24, 2.45) is 7.05 Å². The van der Waals surface area contributed by atoms with Crippen LogP contribution in [-0.4, -0.2) is 31.7 Å². The van der Waals surface area contributed by atoms with E-state index in [0.29, 0.717) is 0 Å². The highest BCUT2D eigenvalue weighted by molar-refractivity contribution is 6.29. The molecule has 1 rings (SSSR count). The summed E-state index contributed by atoms with van der Waals surface area (Å²) in [5, 5.41) is 17.0. The van der Waals surface area contributed by atoms with Gasteiger partial charge in [-0.05, 0) is 11.6 Å². The van der Waals surface area contributed by atoms with Crippen LogP contribution in [0.4, 0.5) is 0 Å². The van der Waals surface area contributed by atoms with Crippen LogP contribution in [0, 0.1) is 0 Å². The molecule has 0 bridgehead atoms. The first kappa shape index (κ1) is 9.53. The lowest BCUT2D eigenvalue weighted by molar-refractivity contribution is 0.0641. The molecule has 0 aliphatic carbocycles. The highest BCUT2D eigenvalue weighted by Gasteiger charge is 2.24. The molecule has 0 aliphatic rings. The first-order valence-electron chi connectivity index (χ1n) is 3.14. The second kappa shape index (κ2) is 3.06. The van der Waals surface area contributed by atoms with Crippen molar-refractivity contribution < 1.29 is 19.8 Å². The number of rotatable bonds is 2. The second-order valence-electron chi connectivity index (χ2n) is 2.25. The molecule has 2 N–H and O–H groups in total. The number of hydrogen-bond acceptors (Lipinski definition) is 3. The molecule has 1 aromatic heterocycles. The normalized spacial score (nSPS) is 10.0.